The second kappa shape index (κ2) is 7.11. The van der Waals surface area contributed by atoms with E-state index in [1.54, 1.807) is 24.3 Å². The van der Waals surface area contributed by atoms with E-state index in [2.05, 4.69) is 0 Å². The molecule has 0 saturated heterocycles. The number of hydrogen-bond donors (Lipinski definition) is 0. The van der Waals surface area contributed by atoms with E-state index < -0.39 is 33.4 Å². The first-order valence-electron chi connectivity index (χ1n) is 7.49. The van der Waals surface area contributed by atoms with Crippen molar-refractivity contribution in [3.8, 4) is 0 Å². The van der Waals surface area contributed by atoms with Crippen molar-refractivity contribution < 1.29 is 28.5 Å². The zero-order chi connectivity index (χ0) is 18.9. The first-order chi connectivity index (χ1) is 11.8. The van der Waals surface area contributed by atoms with Crippen LogP contribution < -0.4 is 0 Å². The first-order valence-corrected chi connectivity index (χ1v) is 8.24. The Balaban J connectivity index is 2.78. The van der Waals surface area contributed by atoms with Crippen LogP contribution in [0.25, 0.3) is 0 Å². The lowest BCUT2D eigenvalue weighted by atomic mass is 9.85. The minimum Gasteiger partial charge on any atom is -0.468 e. The normalized spacial score (nSPS) is 30.7. The molecule has 0 unspecified atom stereocenters. The van der Waals surface area contributed by atoms with Gasteiger partial charge >= 0.3 is 11.9 Å². The zero-order valence-electron chi connectivity index (χ0n) is 14.4. The predicted molar refractivity (Wildman–Crippen MR) is 91.7 cm³/mol. The molecule has 2 rings (SSSR count). The van der Waals surface area contributed by atoms with Gasteiger partial charge in [0.05, 0.1) is 14.2 Å². The fourth-order valence-corrected chi connectivity index (χ4v) is 4.79. The monoisotopic (exact) mass is 390 g/mol. The molecule has 1 aromatic rings. The predicted octanol–water partition coefficient (Wildman–Crippen LogP) is 2.46. The van der Waals surface area contributed by atoms with E-state index in [0.29, 0.717) is 5.56 Å². The van der Waals surface area contributed by atoms with Gasteiger partial charge in [0.2, 0.25) is 10.7 Å². The third-order valence-corrected chi connectivity index (χ3v) is 5.96. The zero-order valence-corrected chi connectivity index (χ0v) is 15.9. The van der Waals surface area contributed by atoms with Crippen LogP contribution in [0.5, 0.6) is 0 Å². The molecule has 1 aliphatic carbocycles. The van der Waals surface area contributed by atoms with E-state index in [4.69, 9.17) is 42.1 Å². The second-order valence-electron chi connectivity index (χ2n) is 5.69. The van der Waals surface area contributed by atoms with Gasteiger partial charge in [0.25, 0.3) is 0 Å². The van der Waals surface area contributed by atoms with Gasteiger partial charge in [0.15, 0.2) is 4.87 Å². The molecule has 1 aromatic carbocycles. The summed E-state index contributed by atoms with van der Waals surface area (Å²) in [4.78, 5) is 21.5. The maximum Gasteiger partial charge on any atom is 0.333 e. The largest absolute Gasteiger partial charge is 0.468 e. The average Bonchev–Trinajstić information content (AvgIpc) is 2.87. The van der Waals surface area contributed by atoms with Crippen molar-refractivity contribution in [1.82, 2.24) is 0 Å². The fraction of sp³-hybridized carbons (Fsp3) is 0.529. The Labute approximate surface area is 156 Å². The standard InChI is InChI=1S/C17H20Cl2O6/c1-22-13(20)15(18)10-12(11-8-6-5-7-9-11)16(19,14(21)23-2)17(15,24-3)25-4/h5-9,12H,10H2,1-4H3/t12-,15-,16+/m1/s1. The Morgan fingerprint density at radius 2 is 1.48 bits per heavy atom. The van der Waals surface area contributed by atoms with Gasteiger partial charge in [-0.2, -0.15) is 0 Å². The van der Waals surface area contributed by atoms with Crippen LogP contribution in [0.15, 0.2) is 30.3 Å². The van der Waals surface area contributed by atoms with Crippen LogP contribution in [-0.4, -0.2) is 55.9 Å². The molecule has 1 saturated carbocycles. The second-order valence-corrected chi connectivity index (χ2v) is 6.93. The summed E-state index contributed by atoms with van der Waals surface area (Å²) in [5.74, 6) is -4.37. The summed E-state index contributed by atoms with van der Waals surface area (Å²) in [6, 6.07) is 8.96. The lowest BCUT2D eigenvalue weighted by Crippen LogP contribution is -2.66. The van der Waals surface area contributed by atoms with E-state index in [-0.39, 0.29) is 6.42 Å². The van der Waals surface area contributed by atoms with Crippen LogP contribution in [0.3, 0.4) is 0 Å². The van der Waals surface area contributed by atoms with E-state index in [0.717, 1.165) is 0 Å². The number of benzene rings is 1. The Morgan fingerprint density at radius 3 is 1.92 bits per heavy atom. The van der Waals surface area contributed by atoms with Crippen molar-refractivity contribution in [3.63, 3.8) is 0 Å². The van der Waals surface area contributed by atoms with Gasteiger partial charge < -0.3 is 18.9 Å². The molecule has 138 valence electrons. The van der Waals surface area contributed by atoms with E-state index >= 15 is 0 Å². The minimum absolute atomic E-state index is 0.0501. The number of methoxy groups -OCH3 is 4. The molecule has 0 aromatic heterocycles. The maximum absolute atomic E-state index is 12.7. The van der Waals surface area contributed by atoms with Gasteiger partial charge in [0, 0.05) is 20.1 Å². The summed E-state index contributed by atoms with van der Waals surface area (Å²) in [5.41, 5.74) is 0.688. The van der Waals surface area contributed by atoms with E-state index in [9.17, 15) is 9.59 Å². The number of esters is 2. The molecule has 0 bridgehead atoms. The van der Waals surface area contributed by atoms with Crippen molar-refractivity contribution in [1.29, 1.82) is 0 Å². The quantitative estimate of drug-likeness (QED) is 0.436. The molecular formula is C17H20Cl2O6. The molecule has 6 nitrogen and oxygen atoms in total. The van der Waals surface area contributed by atoms with Gasteiger partial charge in [-0.1, -0.05) is 41.9 Å². The smallest absolute Gasteiger partial charge is 0.333 e. The number of carbonyl (C=O) groups is 2. The van der Waals surface area contributed by atoms with Crippen molar-refractivity contribution in [2.75, 3.05) is 28.4 Å². The third kappa shape index (κ3) is 2.54. The Kier molecular flexibility index (Phi) is 5.68. The summed E-state index contributed by atoms with van der Waals surface area (Å²) in [5, 5.41) is 0. The lowest BCUT2D eigenvalue weighted by Gasteiger charge is -2.43. The van der Waals surface area contributed by atoms with Crippen molar-refractivity contribution >= 4 is 35.1 Å². The fourth-order valence-electron chi connectivity index (χ4n) is 3.62. The topological polar surface area (TPSA) is 71.1 Å². The Hall–Kier alpha value is -1.34. The first kappa shape index (κ1) is 20.0. The van der Waals surface area contributed by atoms with Crippen LogP contribution in [0.1, 0.15) is 17.9 Å². The molecule has 1 fully saturated rings. The van der Waals surface area contributed by atoms with Gasteiger partial charge in [-0.3, -0.25) is 0 Å². The Morgan fingerprint density at radius 1 is 0.960 bits per heavy atom. The van der Waals surface area contributed by atoms with Crippen molar-refractivity contribution in [3.05, 3.63) is 35.9 Å². The van der Waals surface area contributed by atoms with Crippen LogP contribution in [0.4, 0.5) is 0 Å². The molecule has 3 atom stereocenters. The molecule has 0 radical (unpaired) electrons. The SMILES string of the molecule is COC(=O)[C@]1(Cl)C[C@H](c2ccccc2)[C@](Cl)(C(=O)OC)C1(OC)OC. The van der Waals surface area contributed by atoms with Crippen LogP contribution in [0.2, 0.25) is 0 Å². The lowest BCUT2D eigenvalue weighted by molar-refractivity contribution is -0.241. The Bertz CT molecular complexity index is 648. The molecule has 0 aliphatic heterocycles. The van der Waals surface area contributed by atoms with Gasteiger partial charge in [-0.05, 0) is 12.0 Å². The maximum atomic E-state index is 12.7. The number of ether oxygens (including phenoxy) is 4. The molecule has 8 heteroatoms. The summed E-state index contributed by atoms with van der Waals surface area (Å²) in [7, 11) is 4.90. The minimum atomic E-state index is -2.01. The van der Waals surface area contributed by atoms with E-state index in [1.807, 2.05) is 6.07 Å². The summed E-state index contributed by atoms with van der Waals surface area (Å²) < 4.78 is 20.7. The highest BCUT2D eigenvalue weighted by Gasteiger charge is 2.80. The number of hydrogen-bond acceptors (Lipinski definition) is 6. The molecule has 0 amide bonds. The molecule has 25 heavy (non-hydrogen) atoms. The highest BCUT2D eigenvalue weighted by Crippen LogP contribution is 2.63. The average molecular weight is 391 g/mol. The number of alkyl halides is 2. The number of carbonyl (C=O) groups excluding carboxylic acids is 2. The molecule has 0 heterocycles. The van der Waals surface area contributed by atoms with Gasteiger partial charge in [-0.15, -0.1) is 11.6 Å². The highest BCUT2D eigenvalue weighted by molar-refractivity contribution is 6.42. The molecule has 0 spiro atoms. The summed E-state index contributed by atoms with van der Waals surface area (Å²) in [6.45, 7) is 0. The number of rotatable bonds is 5. The summed E-state index contributed by atoms with van der Waals surface area (Å²) >= 11 is 13.5. The van der Waals surface area contributed by atoms with Crippen LogP contribution in [0, 0.1) is 0 Å². The van der Waals surface area contributed by atoms with Crippen molar-refractivity contribution in [2.24, 2.45) is 0 Å². The highest BCUT2D eigenvalue weighted by atomic mass is 35.5. The van der Waals surface area contributed by atoms with Crippen LogP contribution in [-0.2, 0) is 28.5 Å². The van der Waals surface area contributed by atoms with E-state index in [1.165, 1.54) is 28.4 Å². The molecular weight excluding hydrogens is 371 g/mol. The third-order valence-electron chi connectivity index (χ3n) is 4.73. The van der Waals surface area contributed by atoms with Gasteiger partial charge in [0.1, 0.15) is 0 Å². The molecule has 1 aliphatic rings. The van der Waals surface area contributed by atoms with Crippen molar-refractivity contribution in [2.45, 2.75) is 27.9 Å². The number of halogens is 2. The summed E-state index contributed by atoms with van der Waals surface area (Å²) in [6.07, 6.45) is -0.0501. The molecule has 0 N–H and O–H groups in total. The van der Waals surface area contributed by atoms with Gasteiger partial charge in [-0.25, -0.2) is 9.59 Å². The van der Waals surface area contributed by atoms with Crippen LogP contribution >= 0.6 is 23.2 Å².